The first-order chi connectivity index (χ1) is 8.09. The summed E-state index contributed by atoms with van der Waals surface area (Å²) in [4.78, 5) is 6.33. The molecule has 0 radical (unpaired) electrons. The van der Waals surface area contributed by atoms with Gasteiger partial charge in [-0.3, -0.25) is 0 Å². The Balaban J connectivity index is 2.44. The monoisotopic (exact) mass is 310 g/mol. The van der Waals surface area contributed by atoms with Crippen molar-refractivity contribution in [3.8, 4) is 0 Å². The van der Waals surface area contributed by atoms with Gasteiger partial charge in [0, 0.05) is 23.4 Å². The van der Waals surface area contributed by atoms with Crippen LogP contribution in [0.5, 0.6) is 0 Å². The minimum Gasteiger partial charge on any atom is -0.328 e. The van der Waals surface area contributed by atoms with Crippen molar-refractivity contribution in [2.75, 3.05) is 11.9 Å². The van der Waals surface area contributed by atoms with Crippen LogP contribution in [-0.2, 0) is 0 Å². The summed E-state index contributed by atoms with van der Waals surface area (Å²) >= 11 is 9.54. The van der Waals surface area contributed by atoms with E-state index in [4.69, 9.17) is 11.6 Å². The van der Waals surface area contributed by atoms with Gasteiger partial charge in [0.25, 0.3) is 0 Å². The average Bonchev–Trinajstić information content (AvgIpc) is 2.29. The summed E-state index contributed by atoms with van der Waals surface area (Å²) in [5.74, 6) is 0.754. The van der Waals surface area contributed by atoms with Crippen molar-refractivity contribution in [1.29, 1.82) is 0 Å². The predicted octanol–water partition coefficient (Wildman–Crippen LogP) is 4.57. The third-order valence-electron chi connectivity index (χ3n) is 2.58. The Bertz CT molecular complexity index is 543. The molecule has 0 aliphatic carbocycles. The molecule has 17 heavy (non-hydrogen) atoms. The first kappa shape index (κ1) is 12.4. The zero-order valence-corrected chi connectivity index (χ0v) is 12.0. The summed E-state index contributed by atoms with van der Waals surface area (Å²) in [6.07, 6.45) is 1.75. The van der Waals surface area contributed by atoms with Gasteiger partial charge in [-0.15, -0.1) is 0 Å². The molecule has 0 saturated heterocycles. The smallest absolute Gasteiger partial charge is 0.151 e. The summed E-state index contributed by atoms with van der Waals surface area (Å²) in [6, 6.07) is 9.99. The van der Waals surface area contributed by atoms with Crippen LogP contribution in [0.15, 0.2) is 41.0 Å². The lowest BCUT2D eigenvalue weighted by molar-refractivity contribution is 1.11. The van der Waals surface area contributed by atoms with Crippen LogP contribution in [0.2, 0.25) is 5.02 Å². The predicted molar refractivity (Wildman–Crippen MR) is 76.2 cm³/mol. The number of halogens is 2. The number of hydrogen-bond acceptors (Lipinski definition) is 2. The highest BCUT2D eigenvalue weighted by Gasteiger charge is 2.11. The van der Waals surface area contributed by atoms with Gasteiger partial charge < -0.3 is 4.90 Å². The standard InChI is InChI=1S/C13H12BrClN2/c1-9-5-3-4-6-12(9)17(2)13-11(15)7-10(14)8-16-13/h3-8H,1-2H3. The first-order valence-electron chi connectivity index (χ1n) is 5.20. The van der Waals surface area contributed by atoms with E-state index in [0.29, 0.717) is 5.02 Å². The summed E-state index contributed by atoms with van der Waals surface area (Å²) in [6.45, 7) is 2.07. The molecule has 2 aromatic rings. The number of para-hydroxylation sites is 1. The molecule has 1 aromatic heterocycles. The van der Waals surface area contributed by atoms with E-state index in [1.165, 1.54) is 5.56 Å². The van der Waals surface area contributed by atoms with Gasteiger partial charge in [-0.1, -0.05) is 29.8 Å². The van der Waals surface area contributed by atoms with Gasteiger partial charge in [-0.05, 0) is 40.5 Å². The molecule has 1 aromatic carbocycles. The van der Waals surface area contributed by atoms with Crippen molar-refractivity contribution in [3.63, 3.8) is 0 Å². The van der Waals surface area contributed by atoms with E-state index < -0.39 is 0 Å². The van der Waals surface area contributed by atoms with E-state index in [1.807, 2.05) is 30.1 Å². The largest absolute Gasteiger partial charge is 0.328 e. The lowest BCUT2D eigenvalue weighted by Crippen LogP contribution is -2.12. The van der Waals surface area contributed by atoms with Crippen molar-refractivity contribution < 1.29 is 0 Å². The van der Waals surface area contributed by atoms with Crippen molar-refractivity contribution in [2.45, 2.75) is 6.92 Å². The van der Waals surface area contributed by atoms with Crippen LogP contribution in [0, 0.1) is 6.92 Å². The van der Waals surface area contributed by atoms with E-state index in [9.17, 15) is 0 Å². The third-order valence-corrected chi connectivity index (χ3v) is 3.29. The molecule has 2 rings (SSSR count). The number of aromatic nitrogens is 1. The molecular formula is C13H12BrClN2. The maximum absolute atomic E-state index is 6.19. The molecular weight excluding hydrogens is 300 g/mol. The van der Waals surface area contributed by atoms with Gasteiger partial charge in [0.2, 0.25) is 0 Å². The van der Waals surface area contributed by atoms with Crippen LogP contribution in [0.25, 0.3) is 0 Å². The van der Waals surface area contributed by atoms with E-state index in [2.05, 4.69) is 40.0 Å². The average molecular weight is 312 g/mol. The zero-order chi connectivity index (χ0) is 12.4. The fourth-order valence-electron chi connectivity index (χ4n) is 1.71. The molecule has 0 fully saturated rings. The minimum absolute atomic E-state index is 0.630. The quantitative estimate of drug-likeness (QED) is 0.807. The fraction of sp³-hybridized carbons (Fsp3) is 0.154. The number of hydrogen-bond donors (Lipinski definition) is 0. The number of rotatable bonds is 2. The molecule has 1 heterocycles. The number of aryl methyl sites for hydroxylation is 1. The van der Waals surface area contributed by atoms with Crippen LogP contribution in [0.4, 0.5) is 11.5 Å². The van der Waals surface area contributed by atoms with Crippen LogP contribution in [-0.4, -0.2) is 12.0 Å². The maximum atomic E-state index is 6.19. The molecule has 0 N–H and O–H groups in total. The molecule has 0 aliphatic heterocycles. The van der Waals surface area contributed by atoms with Gasteiger partial charge in [0.05, 0.1) is 5.02 Å². The summed E-state index contributed by atoms with van der Waals surface area (Å²) < 4.78 is 0.879. The van der Waals surface area contributed by atoms with Crippen LogP contribution < -0.4 is 4.90 Å². The van der Waals surface area contributed by atoms with Crippen LogP contribution in [0.3, 0.4) is 0 Å². The zero-order valence-electron chi connectivity index (χ0n) is 9.61. The van der Waals surface area contributed by atoms with Gasteiger partial charge in [-0.2, -0.15) is 0 Å². The molecule has 0 bridgehead atoms. The van der Waals surface area contributed by atoms with Crippen molar-refractivity contribution in [1.82, 2.24) is 4.98 Å². The Kier molecular flexibility index (Phi) is 3.69. The van der Waals surface area contributed by atoms with Crippen molar-refractivity contribution >= 4 is 39.0 Å². The normalized spacial score (nSPS) is 10.4. The Morgan fingerprint density at radius 1 is 1.29 bits per heavy atom. The van der Waals surface area contributed by atoms with Gasteiger partial charge in [0.1, 0.15) is 0 Å². The van der Waals surface area contributed by atoms with Crippen molar-refractivity contribution in [3.05, 3.63) is 51.6 Å². The highest BCUT2D eigenvalue weighted by molar-refractivity contribution is 9.10. The third kappa shape index (κ3) is 2.61. The number of pyridine rings is 1. The van der Waals surface area contributed by atoms with Gasteiger partial charge in [-0.25, -0.2) is 4.98 Å². The van der Waals surface area contributed by atoms with E-state index >= 15 is 0 Å². The topological polar surface area (TPSA) is 16.1 Å². The van der Waals surface area contributed by atoms with Gasteiger partial charge >= 0.3 is 0 Å². The highest BCUT2D eigenvalue weighted by atomic mass is 79.9. The number of nitrogens with zero attached hydrogens (tertiary/aromatic N) is 2. The Morgan fingerprint density at radius 3 is 2.65 bits per heavy atom. The summed E-state index contributed by atoms with van der Waals surface area (Å²) in [7, 11) is 1.96. The van der Waals surface area contributed by atoms with Crippen molar-refractivity contribution in [2.24, 2.45) is 0 Å². The van der Waals surface area contributed by atoms with E-state index in [-0.39, 0.29) is 0 Å². The van der Waals surface area contributed by atoms with E-state index in [1.54, 1.807) is 6.20 Å². The molecule has 4 heteroatoms. The Hall–Kier alpha value is -1.06. The molecule has 88 valence electrons. The van der Waals surface area contributed by atoms with Crippen LogP contribution >= 0.6 is 27.5 Å². The van der Waals surface area contributed by atoms with Gasteiger partial charge in [0.15, 0.2) is 5.82 Å². The number of anilines is 2. The molecule has 0 amide bonds. The SMILES string of the molecule is Cc1ccccc1N(C)c1ncc(Br)cc1Cl. The maximum Gasteiger partial charge on any atom is 0.151 e. The fourth-order valence-corrected chi connectivity index (χ4v) is 2.46. The van der Waals surface area contributed by atoms with Crippen LogP contribution in [0.1, 0.15) is 5.56 Å². The lowest BCUT2D eigenvalue weighted by atomic mass is 10.2. The number of benzene rings is 1. The Labute approximate surface area is 114 Å². The molecule has 0 spiro atoms. The second-order valence-electron chi connectivity index (χ2n) is 3.80. The second-order valence-corrected chi connectivity index (χ2v) is 5.13. The summed E-state index contributed by atoms with van der Waals surface area (Å²) in [5.41, 5.74) is 2.29. The highest BCUT2D eigenvalue weighted by Crippen LogP contribution is 2.31. The Morgan fingerprint density at radius 2 is 2.00 bits per heavy atom. The molecule has 0 atom stereocenters. The lowest BCUT2D eigenvalue weighted by Gasteiger charge is -2.21. The molecule has 2 nitrogen and oxygen atoms in total. The first-order valence-corrected chi connectivity index (χ1v) is 6.37. The molecule has 0 saturated carbocycles. The molecule has 0 unspecified atom stereocenters. The minimum atomic E-state index is 0.630. The summed E-state index contributed by atoms with van der Waals surface area (Å²) in [5, 5.41) is 0.630. The van der Waals surface area contributed by atoms with E-state index in [0.717, 1.165) is 16.0 Å². The second kappa shape index (κ2) is 5.07. The molecule has 0 aliphatic rings.